The van der Waals surface area contributed by atoms with Gasteiger partial charge in [-0.25, -0.2) is 9.13 Å². The van der Waals surface area contributed by atoms with E-state index in [0.717, 1.165) is 13.0 Å². The number of hydrogen-bond donors (Lipinski definition) is 1. The zero-order valence-corrected chi connectivity index (χ0v) is 11.1. The third-order valence-electron chi connectivity index (χ3n) is 2.58. The Balaban J connectivity index is 2.30. The van der Waals surface area contributed by atoms with Gasteiger partial charge in [0.2, 0.25) is 6.33 Å². The van der Waals surface area contributed by atoms with Crippen LogP contribution in [0.4, 0.5) is 0 Å². The lowest BCUT2D eigenvalue weighted by Crippen LogP contribution is -2.32. The highest BCUT2D eigenvalue weighted by atomic mass is 32.2. The summed E-state index contributed by atoms with van der Waals surface area (Å²) in [5, 5.41) is 0. The third kappa shape index (κ3) is 6.43. The Morgan fingerprint density at radius 3 is 2.71 bits per heavy atom. The van der Waals surface area contributed by atoms with E-state index in [9.17, 15) is 8.42 Å². The predicted octanol–water partition coefficient (Wildman–Crippen LogP) is 1.24. The molecule has 0 amide bonds. The molecule has 6 heteroatoms. The first kappa shape index (κ1) is 14.2. The molecule has 0 radical (unpaired) electrons. The summed E-state index contributed by atoms with van der Waals surface area (Å²) in [5.74, 6) is -0.180. The third-order valence-corrected chi connectivity index (χ3v) is 3.39. The number of hydrogen-bond acceptors (Lipinski definition) is 2. The van der Waals surface area contributed by atoms with Crippen molar-refractivity contribution < 1.29 is 17.5 Å². The van der Waals surface area contributed by atoms with Crippen LogP contribution in [0, 0.1) is 0 Å². The van der Waals surface area contributed by atoms with Gasteiger partial charge in [0.1, 0.15) is 12.4 Å². The lowest BCUT2D eigenvalue weighted by Gasteiger charge is -1.96. The lowest BCUT2D eigenvalue weighted by molar-refractivity contribution is -0.696. The summed E-state index contributed by atoms with van der Waals surface area (Å²) in [4.78, 5) is 0. The Hall–Kier alpha value is -0.880. The quantitative estimate of drug-likeness (QED) is 0.435. The number of imidazole rings is 1. The largest absolute Gasteiger partial charge is 0.286 e. The Morgan fingerprint density at radius 1 is 1.29 bits per heavy atom. The minimum atomic E-state index is -3.83. The topological polar surface area (TPSA) is 63.2 Å². The maximum atomic E-state index is 10.5. The Bertz CT molecular complexity index is 426. The molecule has 0 aliphatic heterocycles. The zero-order valence-electron chi connectivity index (χ0n) is 10.2. The molecule has 0 aromatic carbocycles. The van der Waals surface area contributed by atoms with Gasteiger partial charge >= 0.3 is 0 Å². The van der Waals surface area contributed by atoms with E-state index in [1.165, 1.54) is 12.8 Å². The summed E-state index contributed by atoms with van der Waals surface area (Å²) < 4.78 is 33.7. The minimum absolute atomic E-state index is 0.180. The summed E-state index contributed by atoms with van der Waals surface area (Å²) >= 11 is 0. The van der Waals surface area contributed by atoms with Crippen molar-refractivity contribution in [2.45, 2.75) is 45.7 Å². The van der Waals surface area contributed by atoms with E-state index in [4.69, 9.17) is 4.55 Å². The summed E-state index contributed by atoms with van der Waals surface area (Å²) in [6.07, 6.45) is 9.91. The normalized spacial score (nSPS) is 11.9. The van der Waals surface area contributed by atoms with Crippen LogP contribution in [-0.2, 0) is 23.2 Å². The van der Waals surface area contributed by atoms with E-state index in [2.05, 4.69) is 11.5 Å². The Labute approximate surface area is 103 Å². The minimum Gasteiger partial charge on any atom is -0.286 e. The van der Waals surface area contributed by atoms with Crippen molar-refractivity contribution in [3.8, 4) is 0 Å². The molecule has 0 bridgehead atoms. The van der Waals surface area contributed by atoms with Crippen molar-refractivity contribution >= 4 is 10.1 Å². The molecular weight excluding hydrogens is 240 g/mol. The fourth-order valence-corrected chi connectivity index (χ4v) is 2.17. The second-order valence-electron chi connectivity index (χ2n) is 4.24. The van der Waals surface area contributed by atoms with Gasteiger partial charge in [-0.3, -0.25) is 4.55 Å². The van der Waals surface area contributed by atoms with Gasteiger partial charge in [-0.05, 0) is 12.8 Å². The molecule has 5 nitrogen and oxygen atoms in total. The molecular formula is C11H21N2O3S+. The lowest BCUT2D eigenvalue weighted by atomic mass is 10.2. The smallest absolute Gasteiger partial charge is 0.265 e. The van der Waals surface area contributed by atoms with Crippen LogP contribution in [0.2, 0.25) is 0 Å². The van der Waals surface area contributed by atoms with Gasteiger partial charge in [0.25, 0.3) is 10.1 Å². The molecule has 0 spiro atoms. The van der Waals surface area contributed by atoms with Crippen molar-refractivity contribution in [2.75, 3.05) is 5.75 Å². The molecule has 1 N–H and O–H groups in total. The molecule has 0 saturated heterocycles. The highest BCUT2D eigenvalue weighted by molar-refractivity contribution is 7.85. The van der Waals surface area contributed by atoms with Gasteiger partial charge in [0.05, 0.1) is 18.8 Å². The van der Waals surface area contributed by atoms with Crippen LogP contribution in [-0.4, -0.2) is 23.3 Å². The molecule has 0 unspecified atom stereocenters. The second-order valence-corrected chi connectivity index (χ2v) is 5.81. The molecule has 1 aromatic rings. The van der Waals surface area contributed by atoms with Gasteiger partial charge in [-0.1, -0.05) is 13.3 Å². The molecule has 0 fully saturated rings. The molecule has 1 heterocycles. The molecule has 0 aliphatic rings. The molecule has 1 rings (SSSR count). The summed E-state index contributed by atoms with van der Waals surface area (Å²) in [5.41, 5.74) is 0. The van der Waals surface area contributed by atoms with Crippen LogP contribution >= 0.6 is 0 Å². The number of aryl methyl sites for hydroxylation is 2. The second kappa shape index (κ2) is 6.76. The van der Waals surface area contributed by atoms with E-state index in [1.807, 2.05) is 23.3 Å². The van der Waals surface area contributed by atoms with Crippen molar-refractivity contribution in [2.24, 2.45) is 0 Å². The molecule has 0 atom stereocenters. The van der Waals surface area contributed by atoms with E-state index in [1.54, 1.807) is 0 Å². The van der Waals surface area contributed by atoms with Gasteiger partial charge in [-0.15, -0.1) is 0 Å². The average molecular weight is 261 g/mol. The van der Waals surface area contributed by atoms with Crippen molar-refractivity contribution in [3.05, 3.63) is 18.7 Å². The van der Waals surface area contributed by atoms with Gasteiger partial charge in [0, 0.05) is 6.42 Å². The molecule has 1 aromatic heterocycles. The van der Waals surface area contributed by atoms with Crippen LogP contribution in [0.15, 0.2) is 18.7 Å². The van der Waals surface area contributed by atoms with Crippen molar-refractivity contribution in [3.63, 3.8) is 0 Å². The number of rotatable bonds is 8. The highest BCUT2D eigenvalue weighted by Crippen LogP contribution is 1.97. The van der Waals surface area contributed by atoms with E-state index in [0.29, 0.717) is 13.0 Å². The van der Waals surface area contributed by atoms with E-state index < -0.39 is 10.1 Å². The number of unbranched alkanes of at least 4 members (excludes halogenated alkanes) is 2. The van der Waals surface area contributed by atoms with Crippen LogP contribution in [0.5, 0.6) is 0 Å². The average Bonchev–Trinajstić information content (AvgIpc) is 2.64. The van der Waals surface area contributed by atoms with Gasteiger partial charge < -0.3 is 0 Å². The fourth-order valence-electron chi connectivity index (χ4n) is 1.68. The number of aromatic nitrogens is 2. The monoisotopic (exact) mass is 261 g/mol. The van der Waals surface area contributed by atoms with Gasteiger partial charge in [0.15, 0.2) is 0 Å². The van der Waals surface area contributed by atoms with Crippen molar-refractivity contribution in [1.29, 1.82) is 0 Å². The number of nitrogens with zero attached hydrogens (tertiary/aromatic N) is 2. The summed E-state index contributed by atoms with van der Waals surface area (Å²) in [6.45, 7) is 3.78. The zero-order chi connectivity index (χ0) is 12.7. The van der Waals surface area contributed by atoms with E-state index in [-0.39, 0.29) is 5.75 Å². The summed E-state index contributed by atoms with van der Waals surface area (Å²) in [7, 11) is -3.83. The molecule has 0 aliphatic carbocycles. The van der Waals surface area contributed by atoms with Crippen LogP contribution < -0.4 is 4.57 Å². The first-order chi connectivity index (χ1) is 8.01. The van der Waals surface area contributed by atoms with Crippen LogP contribution in [0.3, 0.4) is 0 Å². The maximum Gasteiger partial charge on any atom is 0.265 e. The van der Waals surface area contributed by atoms with Crippen LogP contribution in [0.1, 0.15) is 32.6 Å². The SMILES string of the molecule is CCCCCn1cc[n+](CCCS(=O)(=O)O)c1. The highest BCUT2D eigenvalue weighted by Gasteiger charge is 2.07. The summed E-state index contributed by atoms with van der Waals surface area (Å²) in [6, 6.07) is 0. The van der Waals surface area contributed by atoms with Gasteiger partial charge in [-0.2, -0.15) is 8.42 Å². The first-order valence-corrected chi connectivity index (χ1v) is 7.62. The molecule has 98 valence electrons. The Morgan fingerprint density at radius 2 is 2.06 bits per heavy atom. The van der Waals surface area contributed by atoms with Crippen molar-refractivity contribution in [1.82, 2.24) is 4.57 Å². The Kier molecular flexibility index (Phi) is 5.64. The molecule has 0 saturated carbocycles. The van der Waals surface area contributed by atoms with Crippen LogP contribution in [0.25, 0.3) is 0 Å². The molecule has 17 heavy (non-hydrogen) atoms. The first-order valence-electron chi connectivity index (χ1n) is 6.01. The standard InChI is InChI=1S/C11H20N2O3S/c1-2-3-4-6-12-8-9-13(11-12)7-5-10-17(14,15)16/h8-9,11H,2-7,10H2,1H3/p+1. The van der Waals surface area contributed by atoms with E-state index >= 15 is 0 Å². The predicted molar refractivity (Wildman–Crippen MR) is 65.2 cm³/mol. The fraction of sp³-hybridized carbons (Fsp3) is 0.727. The maximum absolute atomic E-state index is 10.5.